The average Bonchev–Trinajstić information content (AvgIpc) is 2.66. The van der Waals surface area contributed by atoms with E-state index in [0.717, 1.165) is 28.1 Å². The zero-order chi connectivity index (χ0) is 17.5. The number of benzene rings is 1. The fourth-order valence-corrected chi connectivity index (χ4v) is 2.46. The summed E-state index contributed by atoms with van der Waals surface area (Å²) < 4.78 is 5.57. The van der Waals surface area contributed by atoms with Gasteiger partial charge in [0.2, 0.25) is 0 Å². The van der Waals surface area contributed by atoms with E-state index in [1.165, 1.54) is 0 Å². The standard InChI is InChI=1S/C20H19N3O2/c1-15-5-2-3-7-18(15)25-14-19(24)23-13-17-6-4-10-22-20(17)16-8-11-21-12-9-16/h2-12H,13-14H2,1H3,(H,23,24). The molecule has 126 valence electrons. The van der Waals surface area contributed by atoms with E-state index in [2.05, 4.69) is 15.3 Å². The highest BCUT2D eigenvalue weighted by Gasteiger charge is 2.09. The van der Waals surface area contributed by atoms with Crippen LogP contribution in [-0.4, -0.2) is 22.5 Å². The van der Waals surface area contributed by atoms with E-state index in [1.54, 1.807) is 18.6 Å². The van der Waals surface area contributed by atoms with Crippen molar-refractivity contribution >= 4 is 5.91 Å². The van der Waals surface area contributed by atoms with Crippen molar-refractivity contribution in [2.75, 3.05) is 6.61 Å². The van der Waals surface area contributed by atoms with E-state index in [9.17, 15) is 4.79 Å². The molecule has 2 heterocycles. The van der Waals surface area contributed by atoms with Crippen LogP contribution in [-0.2, 0) is 11.3 Å². The highest BCUT2D eigenvalue weighted by atomic mass is 16.5. The van der Waals surface area contributed by atoms with Crippen molar-refractivity contribution in [2.45, 2.75) is 13.5 Å². The smallest absolute Gasteiger partial charge is 0.258 e. The SMILES string of the molecule is Cc1ccccc1OCC(=O)NCc1cccnc1-c1ccncc1. The summed E-state index contributed by atoms with van der Waals surface area (Å²) in [5, 5.41) is 2.88. The zero-order valence-electron chi connectivity index (χ0n) is 14.0. The van der Waals surface area contributed by atoms with Crippen LogP contribution >= 0.6 is 0 Å². The van der Waals surface area contributed by atoms with Gasteiger partial charge in [-0.15, -0.1) is 0 Å². The van der Waals surface area contributed by atoms with E-state index in [1.807, 2.05) is 55.5 Å². The molecule has 1 amide bonds. The van der Waals surface area contributed by atoms with Crippen LogP contribution < -0.4 is 10.1 Å². The number of ether oxygens (including phenoxy) is 1. The number of pyridine rings is 2. The fourth-order valence-electron chi connectivity index (χ4n) is 2.46. The zero-order valence-corrected chi connectivity index (χ0v) is 14.0. The van der Waals surface area contributed by atoms with Crippen molar-refractivity contribution in [1.82, 2.24) is 15.3 Å². The van der Waals surface area contributed by atoms with Crippen molar-refractivity contribution in [3.63, 3.8) is 0 Å². The summed E-state index contributed by atoms with van der Waals surface area (Å²) in [6.07, 6.45) is 5.19. The van der Waals surface area contributed by atoms with Crippen molar-refractivity contribution in [2.24, 2.45) is 0 Å². The highest BCUT2D eigenvalue weighted by Crippen LogP contribution is 2.20. The Bertz CT molecular complexity index is 850. The molecule has 2 aromatic heterocycles. The van der Waals surface area contributed by atoms with Gasteiger partial charge in [-0.2, -0.15) is 0 Å². The summed E-state index contributed by atoms with van der Waals surface area (Å²) in [7, 11) is 0. The van der Waals surface area contributed by atoms with Gasteiger partial charge in [0.25, 0.3) is 5.91 Å². The van der Waals surface area contributed by atoms with Gasteiger partial charge in [-0.05, 0) is 42.3 Å². The maximum atomic E-state index is 12.1. The Hall–Kier alpha value is -3.21. The Morgan fingerprint density at radius 2 is 1.84 bits per heavy atom. The van der Waals surface area contributed by atoms with E-state index < -0.39 is 0 Å². The molecule has 3 rings (SSSR count). The van der Waals surface area contributed by atoms with Gasteiger partial charge in [0.15, 0.2) is 6.61 Å². The van der Waals surface area contributed by atoms with Crippen molar-refractivity contribution in [3.8, 4) is 17.0 Å². The maximum Gasteiger partial charge on any atom is 0.258 e. The van der Waals surface area contributed by atoms with Crippen LogP contribution in [0.5, 0.6) is 5.75 Å². The van der Waals surface area contributed by atoms with Gasteiger partial charge < -0.3 is 10.1 Å². The lowest BCUT2D eigenvalue weighted by molar-refractivity contribution is -0.123. The number of nitrogens with one attached hydrogen (secondary N) is 1. The number of para-hydroxylation sites is 1. The molecule has 0 radical (unpaired) electrons. The van der Waals surface area contributed by atoms with Crippen LogP contribution in [0.2, 0.25) is 0 Å². The Morgan fingerprint density at radius 3 is 2.64 bits per heavy atom. The predicted molar refractivity (Wildman–Crippen MR) is 96.0 cm³/mol. The number of amides is 1. The number of hydrogen-bond acceptors (Lipinski definition) is 4. The fraction of sp³-hybridized carbons (Fsp3) is 0.150. The largest absolute Gasteiger partial charge is 0.484 e. The second-order valence-electron chi connectivity index (χ2n) is 5.58. The van der Waals surface area contributed by atoms with Crippen molar-refractivity contribution < 1.29 is 9.53 Å². The summed E-state index contributed by atoms with van der Waals surface area (Å²) in [6.45, 7) is 2.32. The van der Waals surface area contributed by atoms with E-state index in [4.69, 9.17) is 4.74 Å². The first-order chi connectivity index (χ1) is 12.2. The minimum Gasteiger partial charge on any atom is -0.484 e. The number of hydrogen-bond donors (Lipinski definition) is 1. The second-order valence-corrected chi connectivity index (χ2v) is 5.58. The topological polar surface area (TPSA) is 64.1 Å². The molecular formula is C20H19N3O2. The lowest BCUT2D eigenvalue weighted by atomic mass is 10.1. The number of aromatic nitrogens is 2. The van der Waals surface area contributed by atoms with Gasteiger partial charge in [0.05, 0.1) is 5.69 Å². The Balaban J connectivity index is 1.60. The van der Waals surface area contributed by atoms with Crippen LogP contribution in [0, 0.1) is 6.92 Å². The molecule has 0 unspecified atom stereocenters. The molecule has 0 spiro atoms. The molecule has 25 heavy (non-hydrogen) atoms. The van der Waals surface area contributed by atoms with E-state index >= 15 is 0 Å². The van der Waals surface area contributed by atoms with Crippen molar-refractivity contribution in [3.05, 3.63) is 78.2 Å². The van der Waals surface area contributed by atoms with Gasteiger partial charge in [0, 0.05) is 30.7 Å². The predicted octanol–water partition coefficient (Wildman–Crippen LogP) is 3.15. The molecule has 0 atom stereocenters. The van der Waals surface area contributed by atoms with Crippen LogP contribution in [0.4, 0.5) is 0 Å². The average molecular weight is 333 g/mol. The molecule has 0 saturated carbocycles. The van der Waals surface area contributed by atoms with Crippen LogP contribution in [0.3, 0.4) is 0 Å². The minimum atomic E-state index is -0.173. The summed E-state index contributed by atoms with van der Waals surface area (Å²) in [5.74, 6) is 0.546. The molecule has 0 bridgehead atoms. The molecular weight excluding hydrogens is 314 g/mol. The number of carbonyl (C=O) groups excluding carboxylic acids is 1. The number of aryl methyl sites for hydroxylation is 1. The molecule has 5 nitrogen and oxygen atoms in total. The Kier molecular flexibility index (Phi) is 5.36. The Labute approximate surface area is 146 Å². The first-order valence-corrected chi connectivity index (χ1v) is 8.03. The third-order valence-corrected chi connectivity index (χ3v) is 3.77. The van der Waals surface area contributed by atoms with Crippen LogP contribution in [0.15, 0.2) is 67.1 Å². The first kappa shape index (κ1) is 16.6. The third kappa shape index (κ3) is 4.41. The summed E-state index contributed by atoms with van der Waals surface area (Å²) in [4.78, 5) is 20.5. The maximum absolute atomic E-state index is 12.1. The normalized spacial score (nSPS) is 10.3. The highest BCUT2D eigenvalue weighted by molar-refractivity contribution is 5.77. The number of nitrogens with zero attached hydrogens (tertiary/aromatic N) is 2. The molecule has 0 aliphatic rings. The third-order valence-electron chi connectivity index (χ3n) is 3.77. The van der Waals surface area contributed by atoms with E-state index in [-0.39, 0.29) is 12.5 Å². The monoisotopic (exact) mass is 333 g/mol. The summed E-state index contributed by atoms with van der Waals surface area (Å²) in [6, 6.07) is 15.2. The number of carbonyl (C=O) groups is 1. The lowest BCUT2D eigenvalue weighted by Crippen LogP contribution is -2.28. The van der Waals surface area contributed by atoms with Gasteiger partial charge in [-0.25, -0.2) is 0 Å². The Morgan fingerprint density at radius 1 is 1.04 bits per heavy atom. The quantitative estimate of drug-likeness (QED) is 0.753. The molecule has 3 aromatic rings. The summed E-state index contributed by atoms with van der Waals surface area (Å²) >= 11 is 0. The second kappa shape index (κ2) is 8.06. The molecule has 0 aliphatic heterocycles. The van der Waals surface area contributed by atoms with Gasteiger partial charge in [0.1, 0.15) is 5.75 Å². The van der Waals surface area contributed by atoms with Crippen LogP contribution in [0.25, 0.3) is 11.3 Å². The number of rotatable bonds is 6. The lowest BCUT2D eigenvalue weighted by Gasteiger charge is -2.11. The molecule has 5 heteroatoms. The molecule has 1 aromatic carbocycles. The minimum absolute atomic E-state index is 0.0181. The first-order valence-electron chi connectivity index (χ1n) is 8.03. The molecule has 0 fully saturated rings. The summed E-state index contributed by atoms with van der Waals surface area (Å²) in [5.41, 5.74) is 3.75. The molecule has 0 saturated heterocycles. The van der Waals surface area contributed by atoms with Gasteiger partial charge in [-0.1, -0.05) is 24.3 Å². The molecule has 1 N–H and O–H groups in total. The van der Waals surface area contributed by atoms with Crippen molar-refractivity contribution in [1.29, 1.82) is 0 Å². The van der Waals surface area contributed by atoms with Crippen LogP contribution in [0.1, 0.15) is 11.1 Å². The molecule has 0 aliphatic carbocycles. The van der Waals surface area contributed by atoms with E-state index in [0.29, 0.717) is 6.54 Å². The van der Waals surface area contributed by atoms with Gasteiger partial charge in [-0.3, -0.25) is 14.8 Å². The van der Waals surface area contributed by atoms with Gasteiger partial charge >= 0.3 is 0 Å².